The molecule has 0 aliphatic rings. The highest BCUT2D eigenvalue weighted by Crippen LogP contribution is 2.25. The van der Waals surface area contributed by atoms with E-state index in [1.165, 1.54) is 44.6 Å². The summed E-state index contributed by atoms with van der Waals surface area (Å²) in [6.07, 6.45) is 1.53. The topological polar surface area (TPSA) is 102 Å². The van der Waals surface area contributed by atoms with Crippen LogP contribution in [0, 0.1) is 0 Å². The van der Waals surface area contributed by atoms with Crippen molar-refractivity contribution in [3.63, 3.8) is 0 Å². The summed E-state index contributed by atoms with van der Waals surface area (Å²) in [5.41, 5.74) is 0.734. The van der Waals surface area contributed by atoms with E-state index in [0.29, 0.717) is 15.6 Å². The van der Waals surface area contributed by atoms with Gasteiger partial charge in [-0.2, -0.15) is 12.5 Å². The van der Waals surface area contributed by atoms with E-state index < -0.39 is 20.0 Å². The first-order valence-corrected chi connectivity index (χ1v) is 10.6. The molecule has 0 fully saturated rings. The van der Waals surface area contributed by atoms with E-state index in [1.54, 1.807) is 12.1 Å². The van der Waals surface area contributed by atoms with Crippen LogP contribution in [0.3, 0.4) is 0 Å². The summed E-state index contributed by atoms with van der Waals surface area (Å²) < 4.78 is 52.1. The summed E-state index contributed by atoms with van der Waals surface area (Å²) in [4.78, 5) is 4.02. The molecule has 3 rings (SSSR count). The number of hydrogen-bond donors (Lipinski definition) is 0. The van der Waals surface area contributed by atoms with Crippen molar-refractivity contribution in [2.75, 3.05) is 14.1 Å². The normalized spacial score (nSPS) is 12.8. The average Bonchev–Trinajstić information content (AvgIpc) is 2.93. The van der Waals surface area contributed by atoms with Gasteiger partial charge < -0.3 is 0 Å². The Morgan fingerprint density at radius 2 is 1.60 bits per heavy atom. The summed E-state index contributed by atoms with van der Waals surface area (Å²) in [5.74, 6) is 0. The lowest BCUT2D eigenvalue weighted by atomic mass is 10.4. The van der Waals surface area contributed by atoms with Crippen molar-refractivity contribution in [2.45, 2.75) is 9.79 Å². The zero-order valence-electron chi connectivity index (χ0n) is 13.2. The molecule has 0 atom stereocenters. The van der Waals surface area contributed by atoms with E-state index >= 15 is 0 Å². The molecule has 2 heterocycles. The number of fused-ring (bicyclic) bond motifs is 1. The van der Waals surface area contributed by atoms with Crippen molar-refractivity contribution in [3.05, 3.63) is 47.2 Å². The van der Waals surface area contributed by atoms with Gasteiger partial charge in [0.15, 0.2) is 4.60 Å². The minimum atomic E-state index is -4.00. The molecule has 2 aromatic heterocycles. The Hall–Kier alpha value is -1.82. The van der Waals surface area contributed by atoms with Crippen LogP contribution >= 0.6 is 15.9 Å². The standard InChI is InChI=1S/C14H13BrN4O4S2/c1-18(2)24(20,21)10-5-7-11(8-6-10)25(22,23)19-12-4-3-9-16-13(12)14(15)17-19/h3-9H,1-2H3. The van der Waals surface area contributed by atoms with E-state index in [1.807, 2.05) is 0 Å². The van der Waals surface area contributed by atoms with E-state index in [0.717, 1.165) is 8.39 Å². The fraction of sp³-hybridized carbons (Fsp3) is 0.143. The molecule has 11 heteroatoms. The Morgan fingerprint density at radius 3 is 2.20 bits per heavy atom. The van der Waals surface area contributed by atoms with Gasteiger partial charge in [-0.15, -0.1) is 5.10 Å². The zero-order chi connectivity index (χ0) is 18.4. The molecule has 1 aromatic carbocycles. The maximum atomic E-state index is 12.8. The molecule has 8 nitrogen and oxygen atoms in total. The first-order valence-electron chi connectivity index (χ1n) is 6.93. The fourth-order valence-electron chi connectivity index (χ4n) is 2.17. The van der Waals surface area contributed by atoms with Crippen LogP contribution in [0.1, 0.15) is 0 Å². The molecule has 0 spiro atoms. The minimum Gasteiger partial charge on any atom is -0.252 e. The van der Waals surface area contributed by atoms with E-state index in [9.17, 15) is 16.8 Å². The maximum Gasteiger partial charge on any atom is 0.283 e. The monoisotopic (exact) mass is 444 g/mol. The molecule has 0 aliphatic carbocycles. The summed E-state index contributed by atoms with van der Waals surface area (Å²) in [6, 6.07) is 8.17. The Morgan fingerprint density at radius 1 is 1.00 bits per heavy atom. The molecule has 0 saturated heterocycles. The Kier molecular flexibility index (Phi) is 4.43. The Bertz CT molecular complexity index is 1150. The van der Waals surface area contributed by atoms with Crippen molar-refractivity contribution in [3.8, 4) is 0 Å². The average molecular weight is 445 g/mol. The lowest BCUT2D eigenvalue weighted by Gasteiger charge is -2.12. The van der Waals surface area contributed by atoms with Gasteiger partial charge in [0.1, 0.15) is 11.0 Å². The van der Waals surface area contributed by atoms with Gasteiger partial charge in [-0.25, -0.2) is 12.7 Å². The highest BCUT2D eigenvalue weighted by Gasteiger charge is 2.24. The second-order valence-corrected chi connectivity index (χ2v) is 9.94. The second kappa shape index (κ2) is 6.16. The Labute approximate surface area is 153 Å². The summed E-state index contributed by atoms with van der Waals surface area (Å²) in [7, 11) is -4.83. The van der Waals surface area contributed by atoms with Crippen LogP contribution in [0.5, 0.6) is 0 Å². The number of rotatable bonds is 4. The quantitative estimate of drug-likeness (QED) is 0.606. The van der Waals surface area contributed by atoms with Crippen LogP contribution in [-0.2, 0) is 20.0 Å². The highest BCUT2D eigenvalue weighted by atomic mass is 79.9. The smallest absolute Gasteiger partial charge is 0.252 e. The number of aromatic nitrogens is 3. The summed E-state index contributed by atoms with van der Waals surface area (Å²) >= 11 is 3.19. The molecule has 0 N–H and O–H groups in total. The molecular weight excluding hydrogens is 432 g/mol. The lowest BCUT2D eigenvalue weighted by molar-refractivity contribution is 0.520. The third-order valence-electron chi connectivity index (χ3n) is 3.49. The van der Waals surface area contributed by atoms with E-state index in [-0.39, 0.29) is 9.79 Å². The van der Waals surface area contributed by atoms with Gasteiger partial charge in [-0.05, 0) is 52.3 Å². The predicted molar refractivity (Wildman–Crippen MR) is 95.1 cm³/mol. The first kappa shape index (κ1) is 18.0. The van der Waals surface area contributed by atoms with Crippen LogP contribution in [-0.4, -0.2) is 49.4 Å². The maximum absolute atomic E-state index is 12.8. The van der Waals surface area contributed by atoms with Crippen LogP contribution in [0.15, 0.2) is 57.0 Å². The summed E-state index contributed by atoms with van der Waals surface area (Å²) in [5, 5.41) is 3.99. The third-order valence-corrected chi connectivity index (χ3v) is 7.46. The molecule has 0 amide bonds. The Balaban J connectivity index is 2.12. The number of hydrogen-bond acceptors (Lipinski definition) is 6. The zero-order valence-corrected chi connectivity index (χ0v) is 16.4. The molecule has 0 aliphatic heterocycles. The first-order chi connectivity index (χ1) is 11.7. The summed E-state index contributed by atoms with van der Waals surface area (Å²) in [6.45, 7) is 0. The van der Waals surface area contributed by atoms with Gasteiger partial charge >= 0.3 is 0 Å². The van der Waals surface area contributed by atoms with Crippen molar-refractivity contribution >= 4 is 47.0 Å². The van der Waals surface area contributed by atoms with Crippen LogP contribution in [0.4, 0.5) is 0 Å². The van der Waals surface area contributed by atoms with Crippen molar-refractivity contribution in [1.82, 2.24) is 18.5 Å². The van der Waals surface area contributed by atoms with Crippen molar-refractivity contribution < 1.29 is 16.8 Å². The van der Waals surface area contributed by atoms with Crippen LogP contribution in [0.2, 0.25) is 0 Å². The van der Waals surface area contributed by atoms with Crippen molar-refractivity contribution in [2.24, 2.45) is 0 Å². The number of sulfonamides is 1. The van der Waals surface area contributed by atoms with Crippen molar-refractivity contribution in [1.29, 1.82) is 0 Å². The molecule has 25 heavy (non-hydrogen) atoms. The number of nitrogens with zero attached hydrogens (tertiary/aromatic N) is 4. The second-order valence-electron chi connectivity index (χ2n) is 5.27. The molecule has 0 bridgehead atoms. The number of halogens is 1. The molecule has 0 radical (unpaired) electrons. The molecular formula is C14H13BrN4O4S2. The highest BCUT2D eigenvalue weighted by molar-refractivity contribution is 9.10. The SMILES string of the molecule is CN(C)S(=O)(=O)c1ccc(S(=O)(=O)n2nc(Br)c3ncccc32)cc1. The van der Waals surface area contributed by atoms with Gasteiger partial charge in [0.05, 0.1) is 9.79 Å². The third kappa shape index (κ3) is 2.97. The molecule has 132 valence electrons. The molecule has 0 unspecified atom stereocenters. The van der Waals surface area contributed by atoms with E-state index in [4.69, 9.17) is 0 Å². The number of pyridine rings is 1. The van der Waals surface area contributed by atoms with Gasteiger partial charge in [-0.3, -0.25) is 4.98 Å². The van der Waals surface area contributed by atoms with Crippen LogP contribution < -0.4 is 0 Å². The fourth-order valence-corrected chi connectivity index (χ4v) is 4.91. The lowest BCUT2D eigenvalue weighted by Crippen LogP contribution is -2.22. The van der Waals surface area contributed by atoms with Gasteiger partial charge in [0, 0.05) is 20.3 Å². The predicted octanol–water partition coefficient (Wildman–Crippen LogP) is 1.68. The van der Waals surface area contributed by atoms with Gasteiger partial charge in [0.25, 0.3) is 10.0 Å². The largest absolute Gasteiger partial charge is 0.283 e. The number of benzene rings is 1. The minimum absolute atomic E-state index is 0.00428. The van der Waals surface area contributed by atoms with Crippen LogP contribution in [0.25, 0.3) is 11.0 Å². The van der Waals surface area contributed by atoms with Gasteiger partial charge in [0.2, 0.25) is 10.0 Å². The molecule has 0 saturated carbocycles. The van der Waals surface area contributed by atoms with Gasteiger partial charge in [-0.1, -0.05) is 0 Å². The van der Waals surface area contributed by atoms with E-state index in [2.05, 4.69) is 26.0 Å². The molecule has 3 aromatic rings.